The minimum atomic E-state index is -0.363. The van der Waals surface area contributed by atoms with Crippen LogP contribution in [0.15, 0.2) is 24.3 Å². The lowest BCUT2D eigenvalue weighted by molar-refractivity contribution is -0.121. The van der Waals surface area contributed by atoms with E-state index in [4.69, 9.17) is 11.5 Å². The zero-order valence-corrected chi connectivity index (χ0v) is 12.7. The second kappa shape index (κ2) is 8.00. The summed E-state index contributed by atoms with van der Waals surface area (Å²) in [7, 11) is 0. The van der Waals surface area contributed by atoms with Crippen LogP contribution in [0.25, 0.3) is 0 Å². The Morgan fingerprint density at radius 3 is 2.43 bits per heavy atom. The van der Waals surface area contributed by atoms with Crippen molar-refractivity contribution in [3.63, 3.8) is 0 Å². The van der Waals surface area contributed by atoms with Gasteiger partial charge in [0, 0.05) is 17.6 Å². The highest BCUT2D eigenvalue weighted by atomic mass is 35.5. The molecule has 2 atom stereocenters. The molecule has 0 radical (unpaired) electrons. The van der Waals surface area contributed by atoms with Crippen molar-refractivity contribution in [2.75, 3.05) is 5.32 Å². The van der Waals surface area contributed by atoms with Crippen molar-refractivity contribution < 1.29 is 9.59 Å². The van der Waals surface area contributed by atoms with Crippen LogP contribution in [0, 0.1) is 5.92 Å². The largest absolute Gasteiger partial charge is 0.369 e. The second-order valence-corrected chi connectivity index (χ2v) is 5.45. The maximum Gasteiger partial charge on any atom is 0.227 e. The number of nitrogens with one attached hydrogen (secondary N) is 1. The number of hydrogen-bond acceptors (Lipinski definition) is 3. The highest BCUT2D eigenvalue weighted by molar-refractivity contribution is 5.92. The first-order chi connectivity index (χ1) is 9.54. The predicted octanol–water partition coefficient (Wildman–Crippen LogP) is 1.59. The molecule has 0 bridgehead atoms. The molecule has 1 aromatic rings. The normalized spacial score (nSPS) is 21.2. The molecule has 5 N–H and O–H groups in total. The fourth-order valence-electron chi connectivity index (χ4n) is 2.62. The Morgan fingerprint density at radius 1 is 1.19 bits per heavy atom. The van der Waals surface area contributed by atoms with E-state index in [-0.39, 0.29) is 42.6 Å². The summed E-state index contributed by atoms with van der Waals surface area (Å²) in [6, 6.07) is 7.31. The molecule has 1 aliphatic rings. The Morgan fingerprint density at radius 2 is 1.86 bits per heavy atom. The summed E-state index contributed by atoms with van der Waals surface area (Å²) < 4.78 is 0. The highest BCUT2D eigenvalue weighted by Gasteiger charge is 2.25. The fraction of sp³-hybridized carbons (Fsp3) is 0.467. The quantitative estimate of drug-likeness (QED) is 0.787. The molecular formula is C15H22ClN3O2. The van der Waals surface area contributed by atoms with Gasteiger partial charge in [-0.25, -0.2) is 0 Å². The van der Waals surface area contributed by atoms with Gasteiger partial charge < -0.3 is 16.8 Å². The van der Waals surface area contributed by atoms with Gasteiger partial charge in [0.2, 0.25) is 11.8 Å². The number of benzene rings is 1. The van der Waals surface area contributed by atoms with Gasteiger partial charge in [-0.2, -0.15) is 0 Å². The molecule has 0 aromatic heterocycles. The van der Waals surface area contributed by atoms with Crippen LogP contribution in [0.4, 0.5) is 5.69 Å². The molecule has 1 aromatic carbocycles. The van der Waals surface area contributed by atoms with Crippen LogP contribution in [-0.2, 0) is 16.0 Å². The first-order valence-corrected chi connectivity index (χ1v) is 6.98. The molecule has 5 nitrogen and oxygen atoms in total. The van der Waals surface area contributed by atoms with Crippen LogP contribution in [-0.4, -0.2) is 17.9 Å². The third kappa shape index (κ3) is 5.36. The molecule has 0 saturated heterocycles. The minimum Gasteiger partial charge on any atom is -0.369 e. The third-order valence-electron chi connectivity index (χ3n) is 3.69. The molecule has 21 heavy (non-hydrogen) atoms. The van der Waals surface area contributed by atoms with E-state index in [1.54, 1.807) is 24.3 Å². The van der Waals surface area contributed by atoms with E-state index in [1.807, 2.05) is 0 Å². The summed E-state index contributed by atoms with van der Waals surface area (Å²) >= 11 is 0. The predicted molar refractivity (Wildman–Crippen MR) is 85.2 cm³/mol. The Kier molecular flexibility index (Phi) is 6.65. The summed E-state index contributed by atoms with van der Waals surface area (Å²) in [4.78, 5) is 22.9. The van der Waals surface area contributed by atoms with Gasteiger partial charge in [0.15, 0.2) is 0 Å². The summed E-state index contributed by atoms with van der Waals surface area (Å²) in [6.45, 7) is 0. The number of nitrogens with two attached hydrogens (primary N) is 2. The molecule has 1 aliphatic carbocycles. The second-order valence-electron chi connectivity index (χ2n) is 5.45. The van der Waals surface area contributed by atoms with Crippen molar-refractivity contribution in [2.45, 2.75) is 38.1 Å². The number of hydrogen-bond donors (Lipinski definition) is 3. The van der Waals surface area contributed by atoms with Crippen molar-refractivity contribution >= 4 is 29.9 Å². The van der Waals surface area contributed by atoms with E-state index in [0.717, 1.165) is 36.9 Å². The molecule has 2 unspecified atom stereocenters. The molecule has 0 heterocycles. The van der Waals surface area contributed by atoms with Crippen LogP contribution < -0.4 is 16.8 Å². The molecule has 0 aliphatic heterocycles. The van der Waals surface area contributed by atoms with Gasteiger partial charge in [0.25, 0.3) is 0 Å². The van der Waals surface area contributed by atoms with Crippen molar-refractivity contribution in [2.24, 2.45) is 17.4 Å². The number of carbonyl (C=O) groups is 2. The van der Waals surface area contributed by atoms with Crippen LogP contribution >= 0.6 is 12.4 Å². The average molecular weight is 312 g/mol. The lowest BCUT2D eigenvalue weighted by atomic mass is 9.85. The lowest BCUT2D eigenvalue weighted by Gasteiger charge is -2.25. The molecule has 6 heteroatoms. The van der Waals surface area contributed by atoms with Crippen LogP contribution in [0.1, 0.15) is 31.2 Å². The zero-order valence-electron chi connectivity index (χ0n) is 11.9. The number of halogens is 1. The topological polar surface area (TPSA) is 98.2 Å². The number of anilines is 1. The Hall–Kier alpha value is -1.59. The Bertz CT molecular complexity index is 490. The van der Waals surface area contributed by atoms with Crippen molar-refractivity contribution in [3.05, 3.63) is 29.8 Å². The molecule has 0 spiro atoms. The number of rotatable bonds is 4. The smallest absolute Gasteiger partial charge is 0.227 e. The molecule has 1 fully saturated rings. The lowest BCUT2D eigenvalue weighted by Crippen LogP contribution is -2.34. The van der Waals surface area contributed by atoms with E-state index < -0.39 is 0 Å². The van der Waals surface area contributed by atoms with Crippen molar-refractivity contribution in [1.82, 2.24) is 0 Å². The van der Waals surface area contributed by atoms with E-state index in [1.165, 1.54) is 0 Å². The van der Waals surface area contributed by atoms with E-state index in [2.05, 4.69) is 5.32 Å². The molecule has 2 rings (SSSR count). The Labute approximate surface area is 130 Å². The Balaban J connectivity index is 0.00000220. The van der Waals surface area contributed by atoms with Gasteiger partial charge in [0.1, 0.15) is 0 Å². The number of amides is 2. The first kappa shape index (κ1) is 17.5. The van der Waals surface area contributed by atoms with Crippen LogP contribution in [0.5, 0.6) is 0 Å². The van der Waals surface area contributed by atoms with Crippen LogP contribution in [0.3, 0.4) is 0 Å². The van der Waals surface area contributed by atoms with Gasteiger partial charge in [-0.05, 0) is 37.0 Å². The van der Waals surface area contributed by atoms with Gasteiger partial charge >= 0.3 is 0 Å². The maximum atomic E-state index is 12.1. The van der Waals surface area contributed by atoms with Crippen molar-refractivity contribution in [1.29, 1.82) is 0 Å². The minimum absolute atomic E-state index is 0. The average Bonchev–Trinajstić information content (AvgIpc) is 2.40. The molecular weight excluding hydrogens is 290 g/mol. The number of primary amides is 1. The fourth-order valence-corrected chi connectivity index (χ4v) is 2.62. The van der Waals surface area contributed by atoms with E-state index >= 15 is 0 Å². The van der Waals surface area contributed by atoms with Crippen molar-refractivity contribution in [3.8, 4) is 0 Å². The van der Waals surface area contributed by atoms with E-state index in [0.29, 0.717) is 0 Å². The first-order valence-electron chi connectivity index (χ1n) is 6.98. The van der Waals surface area contributed by atoms with Gasteiger partial charge in [-0.15, -0.1) is 12.4 Å². The zero-order chi connectivity index (χ0) is 14.5. The van der Waals surface area contributed by atoms with E-state index in [9.17, 15) is 9.59 Å². The molecule has 2 amide bonds. The third-order valence-corrected chi connectivity index (χ3v) is 3.69. The summed E-state index contributed by atoms with van der Waals surface area (Å²) in [5, 5.41) is 2.90. The monoisotopic (exact) mass is 311 g/mol. The maximum absolute atomic E-state index is 12.1. The van der Waals surface area contributed by atoms with Gasteiger partial charge in [-0.1, -0.05) is 18.6 Å². The summed E-state index contributed by atoms with van der Waals surface area (Å²) in [5.41, 5.74) is 12.6. The van der Waals surface area contributed by atoms with Crippen LogP contribution in [0.2, 0.25) is 0 Å². The highest BCUT2D eigenvalue weighted by Crippen LogP contribution is 2.24. The number of carbonyl (C=O) groups excluding carboxylic acids is 2. The standard InChI is InChI=1S/C15H21N3O2.ClH/c16-12-3-1-2-11(9-12)15(20)18-13-6-4-10(5-7-13)8-14(17)19;/h4-7,11-12H,1-3,8-9,16H2,(H2,17,19)(H,18,20);1H. The summed E-state index contributed by atoms with van der Waals surface area (Å²) in [5.74, 6) is -0.329. The summed E-state index contributed by atoms with van der Waals surface area (Å²) in [6.07, 6.45) is 3.89. The van der Waals surface area contributed by atoms with Gasteiger partial charge in [-0.3, -0.25) is 9.59 Å². The SMILES string of the molecule is Cl.NC(=O)Cc1ccc(NC(=O)C2CCCC(N)C2)cc1. The molecule has 1 saturated carbocycles. The molecule has 116 valence electrons. The van der Waals surface area contributed by atoms with Gasteiger partial charge in [0.05, 0.1) is 6.42 Å².